The van der Waals surface area contributed by atoms with Crippen molar-refractivity contribution in [3.05, 3.63) is 103 Å². The molecule has 5 amide bonds. The number of halogens is 4. The molecule has 5 heterocycles. The molecule has 7 rings (SSSR count). The molecule has 1 N–H and O–H groups in total. The van der Waals surface area contributed by atoms with Crippen LogP contribution in [0.15, 0.2) is 71.6 Å². The monoisotopic (exact) mass is 1180 g/mol. The van der Waals surface area contributed by atoms with Crippen LogP contribution in [0.2, 0.25) is 20.1 Å². The summed E-state index contributed by atoms with van der Waals surface area (Å²) in [7, 11) is 0. The summed E-state index contributed by atoms with van der Waals surface area (Å²) in [6.45, 7) is 14.6. The van der Waals surface area contributed by atoms with Gasteiger partial charge < -0.3 is 48.5 Å². The van der Waals surface area contributed by atoms with E-state index in [2.05, 4.69) is 10.1 Å². The molecule has 0 aliphatic carbocycles. The molecule has 2 fully saturated rings. The van der Waals surface area contributed by atoms with Crippen LogP contribution in [0.25, 0.3) is 0 Å². The van der Waals surface area contributed by atoms with Crippen LogP contribution in [-0.4, -0.2) is 130 Å². The first-order chi connectivity index (χ1) is 36.1. The first-order valence-corrected chi connectivity index (χ1v) is 25.7. The van der Waals surface area contributed by atoms with Crippen LogP contribution < -0.4 is 5.32 Å². The Morgan fingerprint density at radius 3 is 1.76 bits per heavy atom. The minimum atomic E-state index is -1.83. The van der Waals surface area contributed by atoms with Crippen molar-refractivity contribution < 1.29 is 76.5 Å². The first-order valence-electron chi connectivity index (χ1n) is 24.2. The van der Waals surface area contributed by atoms with Crippen LogP contribution in [0.1, 0.15) is 107 Å². The molecule has 0 radical (unpaired) electrons. The molecule has 2 saturated heterocycles. The lowest BCUT2D eigenvalue weighted by atomic mass is 9.72. The number of esters is 4. The summed E-state index contributed by atoms with van der Waals surface area (Å²) in [6, 6.07) is 10.0. The fourth-order valence-electron chi connectivity index (χ4n) is 8.24. The van der Waals surface area contributed by atoms with Crippen LogP contribution in [-0.2, 0) is 80.0 Å². The van der Waals surface area contributed by atoms with Gasteiger partial charge in [-0.05, 0) is 96.9 Å². The number of amides is 5. The molecule has 5 aliphatic rings. The molecule has 2 atom stereocenters. The molecule has 0 aromatic heterocycles. The average Bonchev–Trinajstić information content (AvgIpc) is 4.02. The van der Waals surface area contributed by atoms with Gasteiger partial charge in [0.25, 0.3) is 11.8 Å². The summed E-state index contributed by atoms with van der Waals surface area (Å²) in [4.78, 5) is 132. The lowest BCUT2D eigenvalue weighted by Crippen LogP contribution is -2.54. The second-order valence-corrected chi connectivity index (χ2v) is 21.3. The Morgan fingerprint density at radius 2 is 1.27 bits per heavy atom. The summed E-state index contributed by atoms with van der Waals surface area (Å²) >= 11 is 24.6. The summed E-state index contributed by atoms with van der Waals surface area (Å²) in [5, 5.41) is 5.40. The highest BCUT2D eigenvalue weighted by molar-refractivity contribution is 6.35. The number of carbonyl (C=O) groups is 10. The number of cyclic esters (lactones) is 2. The third-order valence-electron chi connectivity index (χ3n) is 11.6. The number of rotatable bonds is 12. The third kappa shape index (κ3) is 17.7. The number of hydrogen-bond donors (Lipinski definition) is 1. The van der Waals surface area contributed by atoms with Gasteiger partial charge in [0.05, 0.1) is 44.2 Å². The van der Waals surface area contributed by atoms with Crippen LogP contribution in [0, 0.1) is 11.3 Å². The second kappa shape index (κ2) is 28.5. The highest BCUT2D eigenvalue weighted by Crippen LogP contribution is 2.51. The quantitative estimate of drug-likeness (QED) is 0.0900. The van der Waals surface area contributed by atoms with Gasteiger partial charge in [0.1, 0.15) is 16.6 Å². The SMILES string of the molecule is C.C.CCOC(=O)C1=C(NCc2ccc(Cl)cc2Cl)CCN(C(=O)OC(C)(C)C)C1.CCOC(=O)[C@@]12CN(C(=O)OC(C)(C)C)CC=C1N(Cc1ccc(Cl)cc1Cl)C(=O)[C@H]2CC(=O)ON1C(=O)CCC1=O.O=C1C=CC(=O)O1. The van der Waals surface area contributed by atoms with Crippen molar-refractivity contribution in [1.29, 1.82) is 0 Å². The number of nitrogens with zero attached hydrogens (tertiary/aromatic N) is 4. The van der Waals surface area contributed by atoms with Gasteiger partial charge in [0.2, 0.25) is 5.91 Å². The van der Waals surface area contributed by atoms with Gasteiger partial charge in [-0.15, -0.1) is 5.06 Å². The molecule has 432 valence electrons. The van der Waals surface area contributed by atoms with Crippen LogP contribution in [0.4, 0.5) is 9.59 Å². The number of hydroxylamine groups is 2. The number of hydrogen-bond acceptors (Lipinski definition) is 17. The molecule has 79 heavy (non-hydrogen) atoms. The topological polar surface area (TPSA) is 251 Å². The average molecular weight is 1180 g/mol. The van der Waals surface area contributed by atoms with E-state index in [1.165, 1.54) is 20.8 Å². The van der Waals surface area contributed by atoms with Gasteiger partial charge in [0, 0.05) is 89.1 Å². The summed E-state index contributed by atoms with van der Waals surface area (Å²) in [6.07, 6.45) is 2.09. The second-order valence-electron chi connectivity index (χ2n) is 19.6. The van der Waals surface area contributed by atoms with Gasteiger partial charge >= 0.3 is 42.0 Å². The smallest absolute Gasteiger partial charge is 0.410 e. The lowest BCUT2D eigenvalue weighted by Gasteiger charge is -2.40. The first kappa shape index (κ1) is 66.6. The fraction of sp³-hybridized carbons (Fsp3) is 0.481. The normalized spacial score (nSPS) is 18.6. The number of ether oxygens (including phenoxy) is 5. The number of imide groups is 1. The zero-order valence-electron chi connectivity index (χ0n) is 43.6. The Hall–Kier alpha value is -6.68. The number of benzene rings is 2. The van der Waals surface area contributed by atoms with E-state index in [0.717, 1.165) is 23.4 Å². The maximum absolute atomic E-state index is 14.1. The van der Waals surface area contributed by atoms with Gasteiger partial charge in [0.15, 0.2) is 0 Å². The minimum Gasteiger partial charge on any atom is -0.465 e. The van der Waals surface area contributed by atoms with E-state index in [9.17, 15) is 47.9 Å². The van der Waals surface area contributed by atoms with E-state index in [4.69, 9.17) is 70.2 Å². The van der Waals surface area contributed by atoms with Crippen LogP contribution in [0.5, 0.6) is 0 Å². The zero-order chi connectivity index (χ0) is 57.2. The molecule has 2 aromatic rings. The summed E-state index contributed by atoms with van der Waals surface area (Å²) in [5.74, 6) is -6.97. The van der Waals surface area contributed by atoms with E-state index in [-0.39, 0.29) is 77.8 Å². The van der Waals surface area contributed by atoms with E-state index in [1.807, 2.05) is 6.07 Å². The fourth-order valence-corrected chi connectivity index (χ4v) is 9.19. The van der Waals surface area contributed by atoms with Crippen molar-refractivity contribution in [2.24, 2.45) is 11.3 Å². The van der Waals surface area contributed by atoms with Crippen molar-refractivity contribution in [1.82, 2.24) is 25.1 Å². The van der Waals surface area contributed by atoms with Crippen molar-refractivity contribution in [3.63, 3.8) is 0 Å². The summed E-state index contributed by atoms with van der Waals surface area (Å²) < 4.78 is 25.5. The molecular weight excluding hydrogens is 1120 g/mol. The molecule has 0 saturated carbocycles. The molecular formula is C54H67Cl4N5O16. The van der Waals surface area contributed by atoms with E-state index in [0.29, 0.717) is 50.8 Å². The van der Waals surface area contributed by atoms with Gasteiger partial charge in [-0.1, -0.05) is 73.4 Å². The highest BCUT2D eigenvalue weighted by Gasteiger charge is 2.64. The Kier molecular flexibility index (Phi) is 24.0. The molecule has 21 nitrogen and oxygen atoms in total. The molecule has 0 bridgehead atoms. The number of likely N-dealkylation sites (tertiary alicyclic amines) is 1. The van der Waals surface area contributed by atoms with Crippen LogP contribution in [0.3, 0.4) is 0 Å². The standard InChI is InChI=1S/C28H31Cl2N3O9.C20H26Cl2N2O4.C4H2O3.2CH4/c1-5-40-25(38)28-15-31(26(39)41-27(2,3)4)11-10-20(28)32(14-16-6-7-17(29)12-19(16)30)24(37)18(28)13-23(36)42-33-21(34)8-9-22(33)35;1-5-27-18(25)15-12-24(19(26)28-20(2,3)4)9-8-17(15)23-11-13-6-7-14(21)10-16(13)22;5-3-1-2-4(6)7-3;;/h6-7,10,12,18H,5,8-9,11,13-15H2,1-4H3;6-7,10,23H,5,8-9,11-12H2,1-4H3;1-2H;2*1H4/t18-,28-;;;;/m1..../s1. The number of fused-ring (bicyclic) bond motifs is 1. The number of carbonyl (C=O) groups excluding carboxylic acids is 10. The Morgan fingerprint density at radius 1 is 0.734 bits per heavy atom. The van der Waals surface area contributed by atoms with Crippen molar-refractivity contribution in [2.75, 3.05) is 39.4 Å². The third-order valence-corrected chi connectivity index (χ3v) is 12.8. The molecule has 2 aromatic carbocycles. The minimum absolute atomic E-state index is 0. The largest absolute Gasteiger partial charge is 0.465 e. The van der Waals surface area contributed by atoms with Gasteiger partial charge in [-0.2, -0.15) is 0 Å². The maximum atomic E-state index is 14.1. The molecule has 25 heteroatoms. The molecule has 0 unspecified atom stereocenters. The highest BCUT2D eigenvalue weighted by atomic mass is 35.5. The van der Waals surface area contributed by atoms with Crippen molar-refractivity contribution in [3.8, 4) is 0 Å². The van der Waals surface area contributed by atoms with E-state index >= 15 is 0 Å². The maximum Gasteiger partial charge on any atom is 0.410 e. The Bertz CT molecular complexity index is 2750. The van der Waals surface area contributed by atoms with Crippen molar-refractivity contribution >= 4 is 106 Å². The zero-order valence-corrected chi connectivity index (χ0v) is 46.6. The van der Waals surface area contributed by atoms with E-state index < -0.39 is 88.7 Å². The van der Waals surface area contributed by atoms with Crippen LogP contribution >= 0.6 is 46.4 Å². The Labute approximate surface area is 479 Å². The molecule has 5 aliphatic heterocycles. The predicted molar refractivity (Wildman–Crippen MR) is 290 cm³/mol. The van der Waals surface area contributed by atoms with E-state index in [1.54, 1.807) is 85.7 Å². The number of nitrogens with one attached hydrogen (secondary N) is 1. The summed E-state index contributed by atoms with van der Waals surface area (Å²) in [5.41, 5.74) is -0.529. The molecule has 0 spiro atoms. The lowest BCUT2D eigenvalue weighted by molar-refractivity contribution is -0.199. The Balaban J connectivity index is 0.000000381. The van der Waals surface area contributed by atoms with Gasteiger partial charge in [-0.3, -0.25) is 19.2 Å². The van der Waals surface area contributed by atoms with Gasteiger partial charge in [-0.25, -0.2) is 28.8 Å². The van der Waals surface area contributed by atoms with Crippen molar-refractivity contribution in [2.45, 2.75) is 120 Å². The predicted octanol–water partition coefficient (Wildman–Crippen LogP) is 9.07.